The van der Waals surface area contributed by atoms with Crippen molar-refractivity contribution in [2.75, 3.05) is 6.54 Å². The van der Waals surface area contributed by atoms with Crippen LogP contribution in [0.1, 0.15) is 44.6 Å². The first-order valence-corrected chi connectivity index (χ1v) is 8.10. The molecular weight excluding hydrogens is 352 g/mol. The van der Waals surface area contributed by atoms with E-state index in [1.807, 2.05) is 12.1 Å². The number of carbonyl (C=O) groups is 1. The average molecular weight is 376 g/mol. The lowest BCUT2D eigenvalue weighted by Crippen LogP contribution is -2.49. The van der Waals surface area contributed by atoms with Crippen LogP contribution in [0.25, 0.3) is 0 Å². The number of hydrogen-bond acceptors (Lipinski definition) is 2. The second-order valence-corrected chi connectivity index (χ2v) is 6.71. The normalized spacial score (nSPS) is 20.6. The number of halogens is 2. The van der Waals surface area contributed by atoms with Gasteiger partial charge in [0.05, 0.1) is 0 Å². The van der Waals surface area contributed by atoms with E-state index in [0.717, 1.165) is 23.7 Å². The van der Waals surface area contributed by atoms with Crippen LogP contribution in [0.4, 0.5) is 0 Å². The Kier molecular flexibility index (Phi) is 6.70. The maximum Gasteiger partial charge on any atom is 0.223 e. The highest BCUT2D eigenvalue weighted by Crippen LogP contribution is 2.47. The molecule has 3 N–H and O–H groups in total. The molecule has 1 aliphatic carbocycles. The number of amides is 1. The van der Waals surface area contributed by atoms with E-state index in [1.54, 1.807) is 0 Å². The molecule has 3 nitrogen and oxygen atoms in total. The van der Waals surface area contributed by atoms with E-state index in [2.05, 4.69) is 47.2 Å². The van der Waals surface area contributed by atoms with Crippen LogP contribution in [-0.4, -0.2) is 18.0 Å². The highest BCUT2D eigenvalue weighted by molar-refractivity contribution is 9.10. The average Bonchev–Trinajstić information content (AvgIpc) is 3.25. The van der Waals surface area contributed by atoms with E-state index in [-0.39, 0.29) is 29.8 Å². The fourth-order valence-corrected chi connectivity index (χ4v) is 2.90. The molecule has 2 atom stereocenters. The van der Waals surface area contributed by atoms with Crippen molar-refractivity contribution in [3.8, 4) is 0 Å². The summed E-state index contributed by atoms with van der Waals surface area (Å²) in [6.45, 7) is 4.70. The topological polar surface area (TPSA) is 55.1 Å². The SMILES string of the molecule is CCC(N)(CC)CNC(=O)C1CC1c1cccc(Br)c1.Cl. The maximum absolute atomic E-state index is 12.2. The van der Waals surface area contributed by atoms with E-state index in [1.165, 1.54) is 5.56 Å². The largest absolute Gasteiger partial charge is 0.354 e. The lowest BCUT2D eigenvalue weighted by atomic mass is 9.94. The highest BCUT2D eigenvalue weighted by atomic mass is 79.9. The molecule has 1 amide bonds. The molecule has 0 heterocycles. The summed E-state index contributed by atoms with van der Waals surface area (Å²) in [6, 6.07) is 8.22. The number of nitrogens with one attached hydrogen (secondary N) is 1. The van der Waals surface area contributed by atoms with Crippen LogP contribution >= 0.6 is 28.3 Å². The van der Waals surface area contributed by atoms with Gasteiger partial charge in [0, 0.05) is 22.5 Å². The van der Waals surface area contributed by atoms with Gasteiger partial charge >= 0.3 is 0 Å². The molecule has 21 heavy (non-hydrogen) atoms. The predicted octanol–water partition coefficient (Wildman–Crippen LogP) is 3.61. The standard InChI is InChI=1S/C16H23BrN2O.ClH/c1-3-16(18,4-2)10-19-15(20)14-9-13(14)11-6-5-7-12(17)8-11;/h5-8,13-14H,3-4,9-10,18H2,1-2H3,(H,19,20);1H. The Balaban J connectivity index is 0.00000220. The fourth-order valence-electron chi connectivity index (χ4n) is 2.48. The molecule has 2 rings (SSSR count). The zero-order valence-corrected chi connectivity index (χ0v) is 15.0. The summed E-state index contributed by atoms with van der Waals surface area (Å²) in [6.07, 6.45) is 2.70. The molecule has 0 spiro atoms. The molecule has 0 bridgehead atoms. The second-order valence-electron chi connectivity index (χ2n) is 5.79. The molecule has 0 aliphatic heterocycles. The summed E-state index contributed by atoms with van der Waals surface area (Å²) in [5.74, 6) is 0.622. The van der Waals surface area contributed by atoms with Crippen LogP contribution in [0, 0.1) is 5.92 Å². The van der Waals surface area contributed by atoms with Crippen molar-refractivity contribution in [1.82, 2.24) is 5.32 Å². The summed E-state index contributed by atoms with van der Waals surface area (Å²) in [7, 11) is 0. The van der Waals surface area contributed by atoms with Crippen molar-refractivity contribution in [3.05, 3.63) is 34.3 Å². The molecule has 0 radical (unpaired) electrons. The van der Waals surface area contributed by atoms with Gasteiger partial charge in [-0.05, 0) is 42.9 Å². The minimum atomic E-state index is -0.268. The summed E-state index contributed by atoms with van der Waals surface area (Å²) >= 11 is 3.47. The number of carbonyl (C=O) groups excluding carboxylic acids is 1. The van der Waals surface area contributed by atoms with E-state index in [4.69, 9.17) is 5.73 Å². The van der Waals surface area contributed by atoms with Crippen LogP contribution in [0.2, 0.25) is 0 Å². The van der Waals surface area contributed by atoms with Crippen molar-refractivity contribution in [3.63, 3.8) is 0 Å². The van der Waals surface area contributed by atoms with Gasteiger partial charge in [-0.1, -0.05) is 41.9 Å². The minimum Gasteiger partial charge on any atom is -0.354 e. The number of hydrogen-bond donors (Lipinski definition) is 2. The number of benzene rings is 1. The molecule has 1 fully saturated rings. The Morgan fingerprint density at radius 1 is 1.43 bits per heavy atom. The van der Waals surface area contributed by atoms with E-state index >= 15 is 0 Å². The van der Waals surface area contributed by atoms with Crippen molar-refractivity contribution in [2.24, 2.45) is 11.7 Å². The zero-order chi connectivity index (χ0) is 14.8. The molecule has 1 aromatic rings. The maximum atomic E-state index is 12.2. The van der Waals surface area contributed by atoms with Crippen LogP contribution in [-0.2, 0) is 4.79 Å². The smallest absolute Gasteiger partial charge is 0.223 e. The Labute approximate surface area is 141 Å². The number of rotatable bonds is 6. The molecule has 0 aromatic heterocycles. The van der Waals surface area contributed by atoms with Gasteiger partial charge in [-0.2, -0.15) is 0 Å². The van der Waals surface area contributed by atoms with Crippen molar-refractivity contribution < 1.29 is 4.79 Å². The van der Waals surface area contributed by atoms with E-state index in [0.29, 0.717) is 12.5 Å². The molecule has 0 saturated heterocycles. The van der Waals surface area contributed by atoms with Crippen molar-refractivity contribution >= 4 is 34.2 Å². The first-order valence-electron chi connectivity index (χ1n) is 7.31. The third kappa shape index (κ3) is 4.70. The van der Waals surface area contributed by atoms with Gasteiger partial charge in [0.15, 0.2) is 0 Å². The van der Waals surface area contributed by atoms with Gasteiger partial charge in [-0.25, -0.2) is 0 Å². The van der Waals surface area contributed by atoms with E-state index < -0.39 is 0 Å². The molecular formula is C16H24BrClN2O. The third-order valence-electron chi connectivity index (χ3n) is 4.43. The van der Waals surface area contributed by atoms with Gasteiger partial charge < -0.3 is 11.1 Å². The lowest BCUT2D eigenvalue weighted by molar-refractivity contribution is -0.122. The third-order valence-corrected chi connectivity index (χ3v) is 4.92. The monoisotopic (exact) mass is 374 g/mol. The van der Waals surface area contributed by atoms with Crippen molar-refractivity contribution in [2.45, 2.75) is 44.6 Å². The van der Waals surface area contributed by atoms with E-state index in [9.17, 15) is 4.79 Å². The van der Waals surface area contributed by atoms with Gasteiger partial charge in [0.2, 0.25) is 5.91 Å². The summed E-state index contributed by atoms with van der Waals surface area (Å²) in [5.41, 5.74) is 7.18. The van der Waals surface area contributed by atoms with Crippen LogP contribution in [0.5, 0.6) is 0 Å². The first-order chi connectivity index (χ1) is 9.49. The van der Waals surface area contributed by atoms with Crippen molar-refractivity contribution in [1.29, 1.82) is 0 Å². The van der Waals surface area contributed by atoms with Crippen LogP contribution < -0.4 is 11.1 Å². The quantitative estimate of drug-likeness (QED) is 0.798. The Hall–Kier alpha value is -0.580. The first kappa shape index (κ1) is 18.5. The summed E-state index contributed by atoms with van der Waals surface area (Å²) in [4.78, 5) is 12.2. The molecule has 5 heteroatoms. The highest BCUT2D eigenvalue weighted by Gasteiger charge is 2.44. The van der Waals surface area contributed by atoms with Gasteiger partial charge in [0.1, 0.15) is 0 Å². The summed E-state index contributed by atoms with van der Waals surface area (Å²) < 4.78 is 1.07. The molecule has 1 aliphatic rings. The lowest BCUT2D eigenvalue weighted by Gasteiger charge is -2.26. The van der Waals surface area contributed by atoms with Gasteiger partial charge in [0.25, 0.3) is 0 Å². The van der Waals surface area contributed by atoms with Gasteiger partial charge in [-0.3, -0.25) is 4.79 Å². The molecule has 1 saturated carbocycles. The van der Waals surface area contributed by atoms with Crippen LogP contribution in [0.15, 0.2) is 28.7 Å². The molecule has 2 unspecified atom stereocenters. The second kappa shape index (κ2) is 7.61. The number of nitrogens with two attached hydrogens (primary N) is 1. The Morgan fingerprint density at radius 3 is 2.67 bits per heavy atom. The summed E-state index contributed by atoms with van der Waals surface area (Å²) in [5, 5.41) is 3.03. The molecule has 1 aromatic carbocycles. The van der Waals surface area contributed by atoms with Crippen LogP contribution in [0.3, 0.4) is 0 Å². The minimum absolute atomic E-state index is 0. The predicted molar refractivity (Wildman–Crippen MR) is 92.7 cm³/mol. The zero-order valence-electron chi connectivity index (χ0n) is 12.6. The Morgan fingerprint density at radius 2 is 2.10 bits per heavy atom. The Bertz CT molecular complexity index is 491. The molecule has 118 valence electrons. The fraction of sp³-hybridized carbons (Fsp3) is 0.562. The van der Waals surface area contributed by atoms with Gasteiger partial charge in [-0.15, -0.1) is 12.4 Å².